The molecule has 0 unspecified atom stereocenters. The predicted molar refractivity (Wildman–Crippen MR) is 81.8 cm³/mol. The van der Waals surface area contributed by atoms with Crippen LogP contribution in [0.4, 0.5) is 0 Å². The van der Waals surface area contributed by atoms with Crippen molar-refractivity contribution in [1.82, 2.24) is 15.5 Å². The van der Waals surface area contributed by atoms with Crippen molar-refractivity contribution >= 4 is 17.3 Å². The van der Waals surface area contributed by atoms with Gasteiger partial charge in [-0.05, 0) is 51.8 Å². The molecule has 4 heteroatoms. The van der Waals surface area contributed by atoms with E-state index in [1.54, 1.807) is 0 Å². The molecule has 0 saturated carbocycles. The van der Waals surface area contributed by atoms with Crippen LogP contribution in [0.5, 0.6) is 0 Å². The van der Waals surface area contributed by atoms with E-state index in [4.69, 9.17) is 12.2 Å². The summed E-state index contributed by atoms with van der Waals surface area (Å²) < 4.78 is 0. The van der Waals surface area contributed by atoms with E-state index in [1.807, 2.05) is 0 Å². The van der Waals surface area contributed by atoms with Gasteiger partial charge in [0.25, 0.3) is 0 Å². The van der Waals surface area contributed by atoms with Crippen LogP contribution in [-0.2, 0) is 6.54 Å². The van der Waals surface area contributed by atoms with E-state index in [-0.39, 0.29) is 0 Å². The molecule has 2 N–H and O–H groups in total. The van der Waals surface area contributed by atoms with Gasteiger partial charge in [0.2, 0.25) is 0 Å². The number of hydrogen-bond acceptors (Lipinski definition) is 2. The van der Waals surface area contributed by atoms with Crippen molar-refractivity contribution in [1.29, 1.82) is 0 Å². The Labute approximate surface area is 116 Å². The number of aryl methyl sites for hydroxylation is 1. The van der Waals surface area contributed by atoms with Crippen LogP contribution in [0.1, 0.15) is 17.5 Å². The third-order valence-corrected chi connectivity index (χ3v) is 2.93. The normalized spacial score (nSPS) is 10.4. The van der Waals surface area contributed by atoms with Gasteiger partial charge in [0.15, 0.2) is 5.11 Å². The lowest BCUT2D eigenvalue weighted by atomic mass is 10.1. The fraction of sp³-hybridized carbons (Fsp3) is 0.500. The molecule has 0 aromatic heterocycles. The van der Waals surface area contributed by atoms with E-state index >= 15 is 0 Å². The SMILES string of the molecule is Cc1ccc(CNC(=S)NCCCN(C)C)cc1. The molecular weight excluding hydrogens is 242 g/mol. The van der Waals surface area contributed by atoms with Crippen LogP contribution in [0.2, 0.25) is 0 Å². The maximum atomic E-state index is 5.22. The molecular formula is C14H23N3S. The van der Waals surface area contributed by atoms with Crippen LogP contribution in [0, 0.1) is 6.92 Å². The van der Waals surface area contributed by atoms with Crippen molar-refractivity contribution < 1.29 is 0 Å². The third-order valence-electron chi connectivity index (χ3n) is 2.64. The zero-order valence-electron chi connectivity index (χ0n) is 11.5. The minimum Gasteiger partial charge on any atom is -0.363 e. The molecule has 0 fully saturated rings. The molecule has 0 amide bonds. The highest BCUT2D eigenvalue weighted by molar-refractivity contribution is 7.80. The van der Waals surface area contributed by atoms with E-state index < -0.39 is 0 Å². The number of hydrogen-bond donors (Lipinski definition) is 2. The van der Waals surface area contributed by atoms with Gasteiger partial charge in [-0.2, -0.15) is 0 Å². The van der Waals surface area contributed by atoms with Gasteiger partial charge in [-0.15, -0.1) is 0 Å². The van der Waals surface area contributed by atoms with E-state index in [0.29, 0.717) is 0 Å². The molecule has 0 heterocycles. The first kappa shape index (κ1) is 14.9. The van der Waals surface area contributed by atoms with E-state index in [1.165, 1.54) is 11.1 Å². The van der Waals surface area contributed by atoms with Crippen LogP contribution in [-0.4, -0.2) is 37.2 Å². The first-order valence-electron chi connectivity index (χ1n) is 6.30. The van der Waals surface area contributed by atoms with Crippen molar-refractivity contribution in [3.63, 3.8) is 0 Å². The van der Waals surface area contributed by atoms with Gasteiger partial charge < -0.3 is 15.5 Å². The molecule has 0 aliphatic rings. The summed E-state index contributed by atoms with van der Waals surface area (Å²) in [5.41, 5.74) is 2.53. The summed E-state index contributed by atoms with van der Waals surface area (Å²) in [6.07, 6.45) is 1.10. The van der Waals surface area contributed by atoms with Crippen molar-refractivity contribution in [3.8, 4) is 0 Å². The summed E-state index contributed by atoms with van der Waals surface area (Å²) >= 11 is 5.22. The van der Waals surface area contributed by atoms with Gasteiger partial charge in [-0.25, -0.2) is 0 Å². The lowest BCUT2D eigenvalue weighted by Crippen LogP contribution is -2.36. The summed E-state index contributed by atoms with van der Waals surface area (Å²) in [4.78, 5) is 2.17. The third kappa shape index (κ3) is 6.57. The summed E-state index contributed by atoms with van der Waals surface area (Å²) in [5.74, 6) is 0. The standard InChI is InChI=1S/C14H23N3S/c1-12-5-7-13(8-6-12)11-16-14(18)15-9-4-10-17(2)3/h5-8H,4,9-11H2,1-3H3,(H2,15,16,18). The molecule has 0 spiro atoms. The van der Waals surface area contributed by atoms with Crippen molar-refractivity contribution in [2.45, 2.75) is 19.9 Å². The first-order valence-corrected chi connectivity index (χ1v) is 6.71. The van der Waals surface area contributed by atoms with E-state index in [2.05, 4.69) is 60.8 Å². The smallest absolute Gasteiger partial charge is 0.166 e. The summed E-state index contributed by atoms with van der Waals surface area (Å²) in [5, 5.41) is 7.16. The molecule has 100 valence electrons. The van der Waals surface area contributed by atoms with Gasteiger partial charge in [-0.1, -0.05) is 29.8 Å². The molecule has 1 rings (SSSR count). The first-order chi connectivity index (χ1) is 8.58. The molecule has 0 saturated heterocycles. The number of thiocarbonyl (C=S) groups is 1. The van der Waals surface area contributed by atoms with E-state index in [9.17, 15) is 0 Å². The number of rotatable bonds is 6. The molecule has 0 aliphatic carbocycles. The molecule has 0 atom stereocenters. The van der Waals surface area contributed by atoms with Crippen molar-refractivity contribution in [2.75, 3.05) is 27.2 Å². The predicted octanol–water partition coefficient (Wildman–Crippen LogP) is 1.91. The number of benzene rings is 1. The van der Waals surface area contributed by atoms with Gasteiger partial charge >= 0.3 is 0 Å². The second kappa shape index (κ2) is 8.06. The summed E-state index contributed by atoms with van der Waals surface area (Å²) in [6, 6.07) is 8.48. The van der Waals surface area contributed by atoms with Crippen LogP contribution < -0.4 is 10.6 Å². The Kier molecular flexibility index (Phi) is 6.68. The average Bonchev–Trinajstić information content (AvgIpc) is 2.34. The fourth-order valence-electron chi connectivity index (χ4n) is 1.55. The van der Waals surface area contributed by atoms with Gasteiger partial charge in [0, 0.05) is 13.1 Å². The minimum absolute atomic E-state index is 0.731. The Hall–Kier alpha value is -1.13. The Morgan fingerprint density at radius 3 is 2.44 bits per heavy atom. The molecule has 3 nitrogen and oxygen atoms in total. The average molecular weight is 265 g/mol. The second-order valence-electron chi connectivity index (χ2n) is 4.75. The minimum atomic E-state index is 0.731. The van der Waals surface area contributed by atoms with Gasteiger partial charge in [-0.3, -0.25) is 0 Å². The second-order valence-corrected chi connectivity index (χ2v) is 5.16. The van der Waals surface area contributed by atoms with Crippen LogP contribution in [0.15, 0.2) is 24.3 Å². The Morgan fingerprint density at radius 1 is 1.17 bits per heavy atom. The van der Waals surface area contributed by atoms with Crippen LogP contribution >= 0.6 is 12.2 Å². The summed E-state index contributed by atoms with van der Waals surface area (Å²) in [6.45, 7) is 4.86. The maximum absolute atomic E-state index is 5.22. The molecule has 1 aromatic carbocycles. The van der Waals surface area contributed by atoms with Crippen LogP contribution in [0.3, 0.4) is 0 Å². The molecule has 0 bridgehead atoms. The molecule has 0 radical (unpaired) electrons. The highest BCUT2D eigenvalue weighted by Gasteiger charge is 1.97. The number of nitrogens with one attached hydrogen (secondary N) is 2. The molecule has 1 aromatic rings. The topological polar surface area (TPSA) is 27.3 Å². The zero-order chi connectivity index (χ0) is 13.4. The lowest BCUT2D eigenvalue weighted by molar-refractivity contribution is 0.400. The monoisotopic (exact) mass is 265 g/mol. The molecule has 0 aliphatic heterocycles. The van der Waals surface area contributed by atoms with Gasteiger partial charge in [0.1, 0.15) is 0 Å². The van der Waals surface area contributed by atoms with Crippen LogP contribution in [0.25, 0.3) is 0 Å². The maximum Gasteiger partial charge on any atom is 0.166 e. The van der Waals surface area contributed by atoms with Crippen molar-refractivity contribution in [3.05, 3.63) is 35.4 Å². The summed E-state index contributed by atoms with van der Waals surface area (Å²) in [7, 11) is 4.15. The lowest BCUT2D eigenvalue weighted by Gasteiger charge is -2.12. The quantitative estimate of drug-likeness (QED) is 0.607. The highest BCUT2D eigenvalue weighted by atomic mass is 32.1. The van der Waals surface area contributed by atoms with Crippen molar-refractivity contribution in [2.24, 2.45) is 0 Å². The Morgan fingerprint density at radius 2 is 1.83 bits per heavy atom. The Bertz CT molecular complexity index is 360. The zero-order valence-corrected chi connectivity index (χ0v) is 12.3. The molecule has 18 heavy (non-hydrogen) atoms. The largest absolute Gasteiger partial charge is 0.363 e. The van der Waals surface area contributed by atoms with E-state index in [0.717, 1.165) is 31.2 Å². The van der Waals surface area contributed by atoms with Gasteiger partial charge in [0.05, 0.1) is 0 Å². The Balaban J connectivity index is 2.15. The highest BCUT2D eigenvalue weighted by Crippen LogP contribution is 2.02. The fourth-order valence-corrected chi connectivity index (χ4v) is 1.72. The number of nitrogens with zero attached hydrogens (tertiary/aromatic N) is 1.